The first-order chi connectivity index (χ1) is 11.6. The van der Waals surface area contributed by atoms with Crippen molar-refractivity contribution in [2.24, 2.45) is 0 Å². The first-order valence-corrected chi connectivity index (χ1v) is 7.29. The lowest BCUT2D eigenvalue weighted by Crippen LogP contribution is -2.29. The van der Waals surface area contributed by atoms with E-state index < -0.39 is 11.0 Å². The highest BCUT2D eigenvalue weighted by Gasteiger charge is 2.20. The fourth-order valence-corrected chi connectivity index (χ4v) is 2.37. The Labute approximate surface area is 137 Å². The van der Waals surface area contributed by atoms with Gasteiger partial charge in [0.25, 0.3) is 11.6 Å². The molecule has 0 bridgehead atoms. The van der Waals surface area contributed by atoms with E-state index in [0.29, 0.717) is 11.3 Å². The zero-order valence-electron chi connectivity index (χ0n) is 12.6. The van der Waals surface area contributed by atoms with Gasteiger partial charge in [0.2, 0.25) is 0 Å². The standard InChI is InChI=1S/C18H14N2O4/c21-18(14-8-10-15(11-9-14)20(22)23)19-17(16-7-4-12-24-16)13-5-2-1-3-6-13/h1-12,17H,(H,19,21)/t17-/m1/s1. The maximum atomic E-state index is 12.5. The third-order valence-electron chi connectivity index (χ3n) is 3.58. The van der Waals surface area contributed by atoms with Crippen LogP contribution in [0, 0.1) is 10.1 Å². The fourth-order valence-electron chi connectivity index (χ4n) is 2.37. The Kier molecular flexibility index (Phi) is 4.38. The predicted octanol–water partition coefficient (Wildman–Crippen LogP) is 3.71. The Balaban J connectivity index is 1.85. The lowest BCUT2D eigenvalue weighted by molar-refractivity contribution is -0.384. The van der Waals surface area contributed by atoms with Gasteiger partial charge in [-0.2, -0.15) is 0 Å². The van der Waals surface area contributed by atoms with Crippen molar-refractivity contribution in [3.8, 4) is 0 Å². The second kappa shape index (κ2) is 6.78. The second-order valence-electron chi connectivity index (χ2n) is 5.14. The summed E-state index contributed by atoms with van der Waals surface area (Å²) in [6, 6.07) is 18.0. The third-order valence-corrected chi connectivity index (χ3v) is 3.58. The summed E-state index contributed by atoms with van der Waals surface area (Å²) in [6.45, 7) is 0. The number of nitro benzene ring substituents is 1. The Morgan fingerprint density at radius 1 is 1.00 bits per heavy atom. The quantitative estimate of drug-likeness (QED) is 0.573. The zero-order valence-corrected chi connectivity index (χ0v) is 12.6. The summed E-state index contributed by atoms with van der Waals surface area (Å²) < 4.78 is 5.43. The molecule has 0 saturated carbocycles. The number of nitro groups is 1. The minimum atomic E-state index is -0.503. The molecular formula is C18H14N2O4. The number of benzene rings is 2. The van der Waals surface area contributed by atoms with E-state index >= 15 is 0 Å². The molecule has 3 rings (SSSR count). The number of nitrogens with one attached hydrogen (secondary N) is 1. The molecule has 0 fully saturated rings. The van der Waals surface area contributed by atoms with Gasteiger partial charge in [0.15, 0.2) is 0 Å². The number of carbonyl (C=O) groups excluding carboxylic acids is 1. The minimum Gasteiger partial charge on any atom is -0.467 e. The lowest BCUT2D eigenvalue weighted by Gasteiger charge is -2.17. The number of hydrogen-bond donors (Lipinski definition) is 1. The minimum absolute atomic E-state index is 0.0582. The first kappa shape index (κ1) is 15.5. The predicted molar refractivity (Wildman–Crippen MR) is 87.6 cm³/mol. The summed E-state index contributed by atoms with van der Waals surface area (Å²) in [5.41, 5.74) is 1.16. The third kappa shape index (κ3) is 3.33. The molecule has 1 heterocycles. The van der Waals surface area contributed by atoms with Gasteiger partial charge in [-0.3, -0.25) is 14.9 Å². The monoisotopic (exact) mass is 322 g/mol. The van der Waals surface area contributed by atoms with Crippen LogP contribution in [0.3, 0.4) is 0 Å². The van der Waals surface area contributed by atoms with Crippen LogP contribution in [0.4, 0.5) is 5.69 Å². The van der Waals surface area contributed by atoms with Gasteiger partial charge in [0, 0.05) is 17.7 Å². The van der Waals surface area contributed by atoms with E-state index in [1.54, 1.807) is 18.4 Å². The van der Waals surface area contributed by atoms with Gasteiger partial charge in [-0.25, -0.2) is 0 Å². The van der Waals surface area contributed by atoms with Crippen LogP contribution in [-0.4, -0.2) is 10.8 Å². The van der Waals surface area contributed by atoms with Crippen molar-refractivity contribution in [1.82, 2.24) is 5.32 Å². The molecule has 0 saturated heterocycles. The number of amides is 1. The van der Waals surface area contributed by atoms with Gasteiger partial charge in [0.1, 0.15) is 11.8 Å². The number of rotatable bonds is 5. The summed E-state index contributed by atoms with van der Waals surface area (Å²) in [7, 11) is 0. The van der Waals surface area contributed by atoms with E-state index in [1.807, 2.05) is 30.3 Å². The van der Waals surface area contributed by atoms with Gasteiger partial charge in [0.05, 0.1) is 11.2 Å². The number of hydrogen-bond acceptors (Lipinski definition) is 4. The number of carbonyl (C=O) groups is 1. The van der Waals surface area contributed by atoms with Crippen LogP contribution in [0.25, 0.3) is 0 Å². The Morgan fingerprint density at radius 3 is 2.29 bits per heavy atom. The van der Waals surface area contributed by atoms with Crippen LogP contribution >= 0.6 is 0 Å². The van der Waals surface area contributed by atoms with Crippen molar-refractivity contribution >= 4 is 11.6 Å². The van der Waals surface area contributed by atoms with E-state index in [9.17, 15) is 14.9 Å². The topological polar surface area (TPSA) is 85.4 Å². The summed E-state index contributed by atoms with van der Waals surface area (Å²) >= 11 is 0. The average molecular weight is 322 g/mol. The van der Waals surface area contributed by atoms with Crippen molar-refractivity contribution in [2.75, 3.05) is 0 Å². The van der Waals surface area contributed by atoms with Gasteiger partial charge in [-0.15, -0.1) is 0 Å². The molecule has 2 aromatic carbocycles. The molecular weight excluding hydrogens is 308 g/mol. The SMILES string of the molecule is O=C(N[C@H](c1ccccc1)c1ccco1)c1ccc([N+](=O)[O-])cc1. The van der Waals surface area contributed by atoms with Gasteiger partial charge < -0.3 is 9.73 Å². The molecule has 1 amide bonds. The highest BCUT2D eigenvalue weighted by atomic mass is 16.6. The lowest BCUT2D eigenvalue weighted by atomic mass is 10.0. The largest absolute Gasteiger partial charge is 0.467 e. The highest BCUT2D eigenvalue weighted by Crippen LogP contribution is 2.23. The molecule has 0 radical (unpaired) electrons. The summed E-state index contributed by atoms with van der Waals surface area (Å²) in [5, 5.41) is 13.6. The van der Waals surface area contributed by atoms with Crippen LogP contribution in [0.15, 0.2) is 77.4 Å². The van der Waals surface area contributed by atoms with E-state index in [-0.39, 0.29) is 11.6 Å². The van der Waals surface area contributed by atoms with Crippen LogP contribution in [0.5, 0.6) is 0 Å². The molecule has 1 atom stereocenters. The van der Waals surface area contributed by atoms with E-state index in [0.717, 1.165) is 5.56 Å². The van der Waals surface area contributed by atoms with E-state index in [2.05, 4.69) is 5.32 Å². The average Bonchev–Trinajstić information content (AvgIpc) is 3.14. The van der Waals surface area contributed by atoms with Crippen molar-refractivity contribution < 1.29 is 14.1 Å². The molecule has 0 aliphatic carbocycles. The van der Waals surface area contributed by atoms with Crippen molar-refractivity contribution in [2.45, 2.75) is 6.04 Å². The van der Waals surface area contributed by atoms with Crippen LogP contribution < -0.4 is 5.32 Å². The van der Waals surface area contributed by atoms with Crippen LogP contribution in [0.1, 0.15) is 27.7 Å². The highest BCUT2D eigenvalue weighted by molar-refractivity contribution is 5.94. The Bertz CT molecular complexity index is 827. The molecule has 120 valence electrons. The summed E-state index contributed by atoms with van der Waals surface area (Å²) in [5.74, 6) is 0.270. The smallest absolute Gasteiger partial charge is 0.269 e. The molecule has 6 heteroatoms. The van der Waals surface area contributed by atoms with Crippen molar-refractivity contribution in [3.05, 3.63) is 100.0 Å². The molecule has 0 aliphatic heterocycles. The van der Waals surface area contributed by atoms with E-state index in [4.69, 9.17) is 4.42 Å². The normalized spacial score (nSPS) is 11.7. The fraction of sp³-hybridized carbons (Fsp3) is 0.0556. The van der Waals surface area contributed by atoms with Crippen molar-refractivity contribution in [3.63, 3.8) is 0 Å². The molecule has 3 aromatic rings. The molecule has 6 nitrogen and oxygen atoms in total. The second-order valence-corrected chi connectivity index (χ2v) is 5.14. The summed E-state index contributed by atoms with van der Waals surface area (Å²) in [4.78, 5) is 22.7. The molecule has 1 aromatic heterocycles. The number of non-ortho nitro benzene ring substituents is 1. The maximum Gasteiger partial charge on any atom is 0.269 e. The molecule has 0 unspecified atom stereocenters. The van der Waals surface area contributed by atoms with Gasteiger partial charge >= 0.3 is 0 Å². The zero-order chi connectivity index (χ0) is 16.9. The summed E-state index contributed by atoms with van der Waals surface area (Å²) in [6.07, 6.45) is 1.54. The Hall–Kier alpha value is -3.41. The molecule has 1 N–H and O–H groups in total. The van der Waals surface area contributed by atoms with Crippen LogP contribution in [-0.2, 0) is 0 Å². The van der Waals surface area contributed by atoms with Crippen molar-refractivity contribution in [1.29, 1.82) is 0 Å². The van der Waals surface area contributed by atoms with E-state index in [1.165, 1.54) is 24.3 Å². The number of furan rings is 1. The van der Waals surface area contributed by atoms with Gasteiger partial charge in [-0.05, 0) is 29.8 Å². The molecule has 0 spiro atoms. The first-order valence-electron chi connectivity index (χ1n) is 7.29. The molecule has 0 aliphatic rings. The molecule has 24 heavy (non-hydrogen) atoms. The van der Waals surface area contributed by atoms with Crippen LogP contribution in [0.2, 0.25) is 0 Å². The maximum absolute atomic E-state index is 12.5. The number of nitrogens with zero attached hydrogens (tertiary/aromatic N) is 1. The van der Waals surface area contributed by atoms with Gasteiger partial charge in [-0.1, -0.05) is 30.3 Å². The Morgan fingerprint density at radius 2 is 1.71 bits per heavy atom.